The Morgan fingerprint density at radius 2 is 1.66 bits per heavy atom. The van der Waals surface area contributed by atoms with Crippen molar-refractivity contribution in [3.8, 4) is 0 Å². The van der Waals surface area contributed by atoms with Crippen molar-refractivity contribution in [3.05, 3.63) is 0 Å². The first kappa shape index (κ1) is 25.6. The molecular weight excluding hydrogens is 390 g/mol. The van der Waals surface area contributed by atoms with Gasteiger partial charge in [-0.05, 0) is 64.6 Å². The molecule has 1 aliphatic rings. The number of hydrogen-bond acceptors (Lipinski definition) is 6. The minimum atomic E-state index is -2.15. The van der Waals surface area contributed by atoms with E-state index in [9.17, 15) is 14.4 Å². The van der Waals surface area contributed by atoms with Crippen molar-refractivity contribution < 1.29 is 23.5 Å². The third-order valence-electron chi connectivity index (χ3n) is 5.55. The van der Waals surface area contributed by atoms with Gasteiger partial charge in [0.05, 0.1) is 0 Å². The van der Waals surface area contributed by atoms with Crippen molar-refractivity contribution in [1.82, 2.24) is 10.3 Å². The van der Waals surface area contributed by atoms with Crippen LogP contribution in [-0.2, 0) is 18.8 Å². The number of nitrogens with two attached hydrogens (primary N) is 1. The van der Waals surface area contributed by atoms with Crippen molar-refractivity contribution in [2.24, 2.45) is 11.8 Å². The summed E-state index contributed by atoms with van der Waals surface area (Å²) in [6.07, 6.45) is 0.250. The Morgan fingerprint density at radius 1 is 1.14 bits per heavy atom. The van der Waals surface area contributed by atoms with Gasteiger partial charge in [-0.1, -0.05) is 20.8 Å². The second-order valence-corrected chi connectivity index (χ2v) is 15.3. The van der Waals surface area contributed by atoms with Gasteiger partial charge >= 0.3 is 6.09 Å². The van der Waals surface area contributed by atoms with E-state index in [4.69, 9.17) is 15.0 Å². The summed E-state index contributed by atoms with van der Waals surface area (Å²) in [5.74, 6) is 4.91. The van der Waals surface area contributed by atoms with E-state index < -0.39 is 37.9 Å². The minimum Gasteiger partial charge on any atom is -0.444 e. The minimum absolute atomic E-state index is 0.0228. The molecule has 0 aliphatic heterocycles. The molecule has 1 saturated carbocycles. The number of alkyl carbamates (subject to hydrolysis) is 1. The van der Waals surface area contributed by atoms with Gasteiger partial charge in [0.15, 0.2) is 8.32 Å². The molecule has 8 nitrogen and oxygen atoms in total. The lowest BCUT2D eigenvalue weighted by Crippen LogP contribution is -2.53. The summed E-state index contributed by atoms with van der Waals surface area (Å²) < 4.78 is 11.3. The number of nitrogens with zero attached hydrogens (tertiary/aromatic N) is 1. The van der Waals surface area contributed by atoms with Gasteiger partial charge in [-0.25, -0.2) is 15.6 Å². The number of rotatable bonds is 6. The Bertz CT molecular complexity index is 619. The molecule has 9 heteroatoms. The van der Waals surface area contributed by atoms with Crippen molar-refractivity contribution in [1.29, 1.82) is 0 Å². The number of carbonyl (C=O) groups excluding carboxylic acids is 3. The van der Waals surface area contributed by atoms with Crippen LogP contribution in [-0.4, -0.2) is 49.0 Å². The second-order valence-electron chi connectivity index (χ2n) is 10.5. The predicted molar refractivity (Wildman–Crippen MR) is 114 cm³/mol. The molecule has 1 rings (SSSR count). The van der Waals surface area contributed by atoms with E-state index in [1.54, 1.807) is 27.7 Å². The largest absolute Gasteiger partial charge is 0.444 e. The molecule has 0 spiro atoms. The first-order valence-corrected chi connectivity index (χ1v) is 13.1. The molecule has 1 unspecified atom stereocenters. The number of hydrogen-bond donors (Lipinski definition) is 2. The zero-order valence-electron chi connectivity index (χ0n) is 19.4. The molecule has 0 heterocycles. The number of nitrogens with one attached hydrogen (secondary N) is 1. The number of amides is 3. The average molecular weight is 430 g/mol. The van der Waals surface area contributed by atoms with Gasteiger partial charge < -0.3 is 14.5 Å². The number of ether oxygens (including phenoxy) is 1. The van der Waals surface area contributed by atoms with Crippen LogP contribution in [0.15, 0.2) is 0 Å². The Morgan fingerprint density at radius 3 is 2.10 bits per heavy atom. The van der Waals surface area contributed by atoms with Gasteiger partial charge in [-0.2, -0.15) is 0 Å². The first-order valence-electron chi connectivity index (χ1n) is 10.2. The molecule has 168 valence electrons. The monoisotopic (exact) mass is 429 g/mol. The molecule has 3 N–H and O–H groups in total. The van der Waals surface area contributed by atoms with Gasteiger partial charge in [0.1, 0.15) is 11.7 Å². The van der Waals surface area contributed by atoms with Crippen molar-refractivity contribution >= 4 is 26.2 Å². The van der Waals surface area contributed by atoms with E-state index in [1.165, 1.54) is 0 Å². The van der Waals surface area contributed by atoms with Crippen LogP contribution in [0.4, 0.5) is 4.79 Å². The van der Waals surface area contributed by atoms with Crippen LogP contribution >= 0.6 is 0 Å². The molecule has 3 amide bonds. The van der Waals surface area contributed by atoms with Gasteiger partial charge in [-0.3, -0.25) is 9.59 Å². The Hall–Kier alpha value is -1.45. The van der Waals surface area contributed by atoms with Crippen LogP contribution in [0.2, 0.25) is 18.1 Å². The maximum absolute atomic E-state index is 12.5. The summed E-state index contributed by atoms with van der Waals surface area (Å²) in [7, 11) is -2.15. The highest BCUT2D eigenvalue weighted by molar-refractivity contribution is 6.74. The normalized spacial score (nSPS) is 21.0. The number of carbonyl (C=O) groups is 3. The third-order valence-corrected chi connectivity index (χ3v) is 10.1. The van der Waals surface area contributed by atoms with E-state index in [0.29, 0.717) is 17.9 Å². The molecule has 0 saturated heterocycles. The van der Waals surface area contributed by atoms with Crippen molar-refractivity contribution in [2.45, 2.75) is 104 Å². The smallest absolute Gasteiger partial charge is 0.407 e. The fourth-order valence-corrected chi connectivity index (χ4v) is 4.17. The van der Waals surface area contributed by atoms with Gasteiger partial charge in [0.25, 0.3) is 5.91 Å². The highest BCUT2D eigenvalue weighted by Crippen LogP contribution is 2.37. The summed E-state index contributed by atoms with van der Waals surface area (Å²) in [5.41, 5.74) is -0.549. The van der Waals surface area contributed by atoms with E-state index in [2.05, 4.69) is 26.1 Å². The van der Waals surface area contributed by atoms with Gasteiger partial charge in [-0.15, -0.1) is 0 Å². The predicted octanol–water partition coefficient (Wildman–Crippen LogP) is 3.32. The summed E-state index contributed by atoms with van der Waals surface area (Å²) in [6.45, 7) is 17.4. The zero-order chi connectivity index (χ0) is 22.8. The van der Waals surface area contributed by atoms with Gasteiger partial charge in [0.2, 0.25) is 5.91 Å². The van der Waals surface area contributed by atoms with Crippen molar-refractivity contribution in [2.75, 3.05) is 0 Å². The SMILES string of the molecule is CC(O[Si](C)(C)C(C)(C)C)C(=O)N(N)C(=O)CC1CC(NC(=O)OC(C)(C)C)C1. The molecule has 0 bridgehead atoms. The standard InChI is InChI=1S/C20H39N3O5Si/c1-13(28-29(8,9)20(5,6)7)17(25)23(21)16(24)12-14-10-15(11-14)22-18(26)27-19(2,3)4/h13-15H,10-12,21H2,1-9H3,(H,22,26). The van der Waals surface area contributed by atoms with Crippen LogP contribution in [0, 0.1) is 5.92 Å². The molecule has 0 aromatic rings. The Balaban J connectivity index is 2.45. The lowest BCUT2D eigenvalue weighted by atomic mass is 9.78. The maximum Gasteiger partial charge on any atom is 0.407 e. The third kappa shape index (κ3) is 7.71. The zero-order valence-corrected chi connectivity index (χ0v) is 20.4. The lowest BCUT2D eigenvalue weighted by molar-refractivity contribution is -0.150. The van der Waals surface area contributed by atoms with E-state index in [1.807, 2.05) is 13.1 Å². The van der Waals surface area contributed by atoms with E-state index in [0.717, 1.165) is 0 Å². The average Bonchev–Trinajstić information content (AvgIpc) is 2.47. The molecule has 0 aromatic carbocycles. The second kappa shape index (κ2) is 9.14. The fraction of sp³-hybridized carbons (Fsp3) is 0.850. The van der Waals surface area contributed by atoms with Crippen LogP contribution in [0.1, 0.15) is 67.7 Å². The number of imide groups is 1. The Labute approximate surface area is 176 Å². The molecule has 1 aliphatic carbocycles. The summed E-state index contributed by atoms with van der Waals surface area (Å²) in [4.78, 5) is 36.7. The topological polar surface area (TPSA) is 111 Å². The Kier molecular flexibility index (Phi) is 8.06. The molecule has 1 atom stereocenters. The van der Waals surface area contributed by atoms with Crippen LogP contribution in [0.3, 0.4) is 0 Å². The van der Waals surface area contributed by atoms with Crippen LogP contribution in [0.25, 0.3) is 0 Å². The fourth-order valence-electron chi connectivity index (χ4n) is 2.83. The molecular formula is C20H39N3O5Si. The van der Waals surface area contributed by atoms with Crippen LogP contribution < -0.4 is 11.2 Å². The molecule has 0 aromatic heterocycles. The summed E-state index contributed by atoms with van der Waals surface area (Å²) >= 11 is 0. The van der Waals surface area contributed by atoms with E-state index >= 15 is 0 Å². The summed E-state index contributed by atoms with van der Waals surface area (Å²) in [5, 5.41) is 3.42. The highest BCUT2D eigenvalue weighted by Gasteiger charge is 2.41. The summed E-state index contributed by atoms with van der Waals surface area (Å²) in [6, 6.07) is -0.0228. The lowest BCUT2D eigenvalue weighted by Gasteiger charge is -2.39. The first-order chi connectivity index (χ1) is 12.9. The van der Waals surface area contributed by atoms with Crippen LogP contribution in [0.5, 0.6) is 0 Å². The van der Waals surface area contributed by atoms with Crippen molar-refractivity contribution in [3.63, 3.8) is 0 Å². The molecule has 29 heavy (non-hydrogen) atoms. The maximum atomic E-state index is 12.5. The molecule has 1 fully saturated rings. The molecule has 0 radical (unpaired) electrons. The van der Waals surface area contributed by atoms with Gasteiger partial charge in [0, 0.05) is 12.5 Å². The number of hydrazine groups is 1. The highest BCUT2D eigenvalue weighted by atomic mass is 28.4. The van der Waals surface area contributed by atoms with E-state index in [-0.39, 0.29) is 23.4 Å². The quantitative estimate of drug-likeness (QED) is 0.290.